The Labute approximate surface area is 118 Å². The first-order valence-electron chi connectivity index (χ1n) is 6.75. The van der Waals surface area contributed by atoms with E-state index in [-0.39, 0.29) is 0 Å². The third kappa shape index (κ3) is 2.25. The molecule has 1 aromatic carbocycles. The number of rotatable bonds is 2. The van der Waals surface area contributed by atoms with Gasteiger partial charge in [-0.15, -0.1) is 0 Å². The molecule has 1 N–H and O–H groups in total. The number of hydrogen-bond donors (Lipinski definition) is 1. The molecular weight excluding hydrogens is 281 g/mol. The molecule has 3 nitrogen and oxygen atoms in total. The van der Waals surface area contributed by atoms with Crippen LogP contribution in [0.1, 0.15) is 36.9 Å². The second-order valence-electron chi connectivity index (χ2n) is 5.39. The van der Waals surface area contributed by atoms with Gasteiger partial charge in [-0.3, -0.25) is 0 Å². The van der Waals surface area contributed by atoms with E-state index >= 15 is 0 Å². The summed E-state index contributed by atoms with van der Waals surface area (Å²) in [7, 11) is 0. The van der Waals surface area contributed by atoms with E-state index in [0.717, 1.165) is 18.9 Å². The SMILES string of the molecule is O=C=NC1(c2cccc3[nH]c(C(F)(F)F)cc23)CCCC1. The summed E-state index contributed by atoms with van der Waals surface area (Å²) in [5.74, 6) is 0. The van der Waals surface area contributed by atoms with Gasteiger partial charge < -0.3 is 4.98 Å². The fourth-order valence-corrected chi connectivity index (χ4v) is 3.20. The van der Waals surface area contributed by atoms with Gasteiger partial charge in [0.2, 0.25) is 6.08 Å². The first kappa shape index (κ1) is 13.9. The number of H-pyrrole nitrogens is 1. The van der Waals surface area contributed by atoms with Crippen LogP contribution in [0.15, 0.2) is 29.3 Å². The Morgan fingerprint density at radius 3 is 2.57 bits per heavy atom. The molecule has 2 aromatic rings. The smallest absolute Gasteiger partial charge is 0.351 e. The molecule has 1 aromatic heterocycles. The Kier molecular flexibility index (Phi) is 3.14. The fraction of sp³-hybridized carbons (Fsp3) is 0.400. The third-order valence-corrected chi connectivity index (χ3v) is 4.16. The van der Waals surface area contributed by atoms with Crippen LogP contribution in [0.25, 0.3) is 10.9 Å². The largest absolute Gasteiger partial charge is 0.431 e. The van der Waals surface area contributed by atoms with Gasteiger partial charge in [0.1, 0.15) is 5.69 Å². The quantitative estimate of drug-likeness (QED) is 0.651. The molecule has 6 heteroatoms. The van der Waals surface area contributed by atoms with Crippen LogP contribution in [-0.4, -0.2) is 11.1 Å². The molecule has 0 amide bonds. The predicted molar refractivity (Wildman–Crippen MR) is 71.6 cm³/mol. The number of isocyanates is 1. The van der Waals surface area contributed by atoms with Crippen LogP contribution >= 0.6 is 0 Å². The van der Waals surface area contributed by atoms with Crippen LogP contribution in [0.2, 0.25) is 0 Å². The predicted octanol–water partition coefficient (Wildman–Crippen LogP) is 4.29. The van der Waals surface area contributed by atoms with Gasteiger partial charge in [0, 0.05) is 10.9 Å². The first-order valence-corrected chi connectivity index (χ1v) is 6.75. The van der Waals surface area contributed by atoms with Crippen molar-refractivity contribution in [1.29, 1.82) is 0 Å². The molecule has 1 heterocycles. The van der Waals surface area contributed by atoms with E-state index < -0.39 is 17.4 Å². The van der Waals surface area contributed by atoms with E-state index in [1.165, 1.54) is 0 Å². The maximum atomic E-state index is 12.9. The summed E-state index contributed by atoms with van der Waals surface area (Å²) < 4.78 is 38.6. The topological polar surface area (TPSA) is 45.2 Å². The lowest BCUT2D eigenvalue weighted by molar-refractivity contribution is -0.140. The molecule has 3 rings (SSSR count). The number of nitrogens with zero attached hydrogens (tertiary/aromatic N) is 1. The van der Waals surface area contributed by atoms with E-state index in [9.17, 15) is 18.0 Å². The van der Waals surface area contributed by atoms with E-state index in [1.54, 1.807) is 24.3 Å². The first-order chi connectivity index (χ1) is 9.96. The minimum atomic E-state index is -4.42. The Morgan fingerprint density at radius 2 is 1.95 bits per heavy atom. The normalized spacial score (nSPS) is 17.9. The lowest BCUT2D eigenvalue weighted by Gasteiger charge is -2.23. The van der Waals surface area contributed by atoms with Crippen molar-refractivity contribution in [3.05, 3.63) is 35.5 Å². The van der Waals surface area contributed by atoms with Crippen LogP contribution < -0.4 is 0 Å². The molecule has 0 saturated heterocycles. The van der Waals surface area contributed by atoms with Crippen molar-refractivity contribution in [2.24, 2.45) is 4.99 Å². The van der Waals surface area contributed by atoms with Crippen LogP contribution in [0.4, 0.5) is 13.2 Å². The number of carbonyl (C=O) groups excluding carboxylic acids is 1. The number of alkyl halides is 3. The molecule has 0 unspecified atom stereocenters. The van der Waals surface area contributed by atoms with Crippen molar-refractivity contribution >= 4 is 17.0 Å². The Bertz CT molecular complexity index is 720. The van der Waals surface area contributed by atoms with Crippen LogP contribution in [0.5, 0.6) is 0 Å². The van der Waals surface area contributed by atoms with Gasteiger partial charge in [0.25, 0.3) is 0 Å². The highest BCUT2D eigenvalue weighted by atomic mass is 19.4. The van der Waals surface area contributed by atoms with Gasteiger partial charge in [-0.1, -0.05) is 25.0 Å². The van der Waals surface area contributed by atoms with Crippen molar-refractivity contribution in [3.63, 3.8) is 0 Å². The van der Waals surface area contributed by atoms with Gasteiger partial charge in [-0.25, -0.2) is 4.79 Å². The van der Waals surface area contributed by atoms with Crippen molar-refractivity contribution < 1.29 is 18.0 Å². The molecule has 1 saturated carbocycles. The van der Waals surface area contributed by atoms with Crippen LogP contribution in [0.3, 0.4) is 0 Å². The van der Waals surface area contributed by atoms with Crippen molar-refractivity contribution in [1.82, 2.24) is 4.98 Å². The van der Waals surface area contributed by atoms with E-state index in [1.807, 2.05) is 0 Å². The molecule has 0 aliphatic heterocycles. The molecule has 0 bridgehead atoms. The lowest BCUT2D eigenvalue weighted by atomic mass is 9.86. The molecule has 110 valence electrons. The second kappa shape index (κ2) is 4.74. The Hall–Kier alpha value is -2.07. The molecular formula is C15H13F3N2O. The summed E-state index contributed by atoms with van der Waals surface area (Å²) in [6.45, 7) is 0. The van der Waals surface area contributed by atoms with Crippen molar-refractivity contribution in [3.8, 4) is 0 Å². The number of aliphatic imine (C=N–C) groups is 1. The minimum absolute atomic E-state index is 0.409. The second-order valence-corrected chi connectivity index (χ2v) is 5.39. The Balaban J connectivity index is 2.23. The molecule has 1 fully saturated rings. The van der Waals surface area contributed by atoms with Crippen molar-refractivity contribution in [2.75, 3.05) is 0 Å². The highest BCUT2D eigenvalue weighted by Crippen LogP contribution is 2.45. The number of aromatic nitrogens is 1. The van der Waals surface area contributed by atoms with Crippen LogP contribution in [0, 0.1) is 0 Å². The summed E-state index contributed by atoms with van der Waals surface area (Å²) >= 11 is 0. The molecule has 1 aliphatic rings. The molecule has 0 atom stereocenters. The highest BCUT2D eigenvalue weighted by Gasteiger charge is 2.38. The van der Waals surface area contributed by atoms with E-state index in [2.05, 4.69) is 9.98 Å². The third-order valence-electron chi connectivity index (χ3n) is 4.16. The maximum absolute atomic E-state index is 12.9. The number of nitrogens with one attached hydrogen (secondary N) is 1. The average molecular weight is 294 g/mol. The standard InChI is InChI=1S/C15H13F3N2O/c16-15(17,18)13-8-10-11(4-3-5-12(10)20-13)14(19-9-21)6-1-2-7-14/h3-5,8,20H,1-2,6-7H2. The summed E-state index contributed by atoms with van der Waals surface area (Å²) in [4.78, 5) is 17.1. The Morgan fingerprint density at radius 1 is 1.24 bits per heavy atom. The highest BCUT2D eigenvalue weighted by molar-refractivity contribution is 5.85. The van der Waals surface area contributed by atoms with Crippen LogP contribution in [-0.2, 0) is 16.5 Å². The number of aromatic amines is 1. The van der Waals surface area contributed by atoms with Gasteiger partial charge in [0.15, 0.2) is 0 Å². The zero-order valence-electron chi connectivity index (χ0n) is 11.1. The average Bonchev–Trinajstić information content (AvgIpc) is 3.04. The van der Waals surface area contributed by atoms with Crippen molar-refractivity contribution in [2.45, 2.75) is 37.4 Å². The number of benzene rings is 1. The molecule has 21 heavy (non-hydrogen) atoms. The van der Waals surface area contributed by atoms with Gasteiger partial charge in [0.05, 0.1) is 5.54 Å². The summed E-state index contributed by atoms with van der Waals surface area (Å²) in [5, 5.41) is 0.478. The minimum Gasteiger partial charge on any atom is -0.351 e. The summed E-state index contributed by atoms with van der Waals surface area (Å²) in [5.41, 5.74) is -0.431. The molecule has 1 aliphatic carbocycles. The monoisotopic (exact) mass is 294 g/mol. The lowest BCUT2D eigenvalue weighted by Crippen LogP contribution is -2.19. The summed E-state index contributed by atoms with van der Waals surface area (Å²) in [6.07, 6.45) is 0.293. The van der Waals surface area contributed by atoms with Gasteiger partial charge in [-0.05, 0) is 30.5 Å². The number of hydrogen-bond acceptors (Lipinski definition) is 2. The number of fused-ring (bicyclic) bond motifs is 1. The van der Waals surface area contributed by atoms with E-state index in [0.29, 0.717) is 29.3 Å². The summed E-state index contributed by atoms with van der Waals surface area (Å²) in [6, 6.07) is 6.14. The molecule has 0 radical (unpaired) electrons. The maximum Gasteiger partial charge on any atom is 0.431 e. The van der Waals surface area contributed by atoms with E-state index in [4.69, 9.17) is 0 Å². The zero-order chi connectivity index (χ0) is 15.1. The zero-order valence-corrected chi connectivity index (χ0v) is 11.1. The fourth-order valence-electron chi connectivity index (χ4n) is 3.20. The number of halogens is 3. The van der Waals surface area contributed by atoms with Gasteiger partial charge in [-0.2, -0.15) is 18.2 Å². The molecule has 0 spiro atoms. The van der Waals surface area contributed by atoms with Gasteiger partial charge >= 0.3 is 6.18 Å².